The highest BCUT2D eigenvalue weighted by atomic mass is 35.5. The number of thiophene rings is 1. The van der Waals surface area contributed by atoms with Crippen LogP contribution in [0, 0.1) is 24.7 Å². The molecule has 0 unspecified atom stereocenters. The third kappa shape index (κ3) is 5.59. The molecule has 0 saturated heterocycles. The lowest BCUT2D eigenvalue weighted by Crippen LogP contribution is -2.17. The topological polar surface area (TPSA) is 46.5 Å². The van der Waals surface area contributed by atoms with Crippen molar-refractivity contribution in [2.45, 2.75) is 32.8 Å². The second kappa shape index (κ2) is 9.75. The van der Waals surface area contributed by atoms with Gasteiger partial charge in [0.1, 0.15) is 4.88 Å². The highest BCUT2D eigenvalue weighted by molar-refractivity contribution is 7.14. The molecule has 1 aliphatic rings. The molecule has 1 N–H and O–H groups in total. The fraction of sp³-hybridized carbons (Fsp3) is 0.375. The van der Waals surface area contributed by atoms with Gasteiger partial charge in [0.25, 0.3) is 0 Å². The van der Waals surface area contributed by atoms with Crippen molar-refractivity contribution < 1.29 is 14.6 Å². The first-order valence-corrected chi connectivity index (χ1v) is 11.0. The minimum atomic E-state index is -0.326. The number of esters is 1. The monoisotopic (exact) mass is 430 g/mol. The molecular weight excluding hydrogens is 404 g/mol. The van der Waals surface area contributed by atoms with Crippen LogP contribution in [0.15, 0.2) is 42.5 Å². The zero-order valence-corrected chi connectivity index (χ0v) is 18.5. The molecule has 0 bridgehead atoms. The van der Waals surface area contributed by atoms with Gasteiger partial charge in [-0.3, -0.25) is 0 Å². The Morgan fingerprint density at radius 1 is 1.31 bits per heavy atom. The number of aliphatic hydroxyl groups excluding tert-OH is 1. The lowest BCUT2D eigenvalue weighted by Gasteiger charge is -2.20. The Morgan fingerprint density at radius 3 is 2.83 bits per heavy atom. The van der Waals surface area contributed by atoms with Gasteiger partial charge in [0.05, 0.1) is 13.2 Å². The number of rotatable bonds is 6. The van der Waals surface area contributed by atoms with Crippen LogP contribution >= 0.6 is 22.9 Å². The average Bonchev–Trinajstić information content (AvgIpc) is 3.23. The summed E-state index contributed by atoms with van der Waals surface area (Å²) in [5.41, 5.74) is 2.18. The SMILES string of the molecule is COC(=O)c1ccc(/C=C/C[C@@H]2[C@@H](/C=C/c3cc(C)cc(Cl)c3)[C@H](O)C[C@H]2C)s1. The van der Waals surface area contributed by atoms with Crippen molar-refractivity contribution in [3.05, 3.63) is 68.4 Å². The van der Waals surface area contributed by atoms with Crippen LogP contribution in [0.2, 0.25) is 5.02 Å². The third-order valence-corrected chi connectivity index (χ3v) is 6.81. The molecule has 3 nitrogen and oxygen atoms in total. The Kier molecular flexibility index (Phi) is 7.33. The highest BCUT2D eigenvalue weighted by Gasteiger charge is 2.37. The average molecular weight is 431 g/mol. The second-order valence-electron chi connectivity index (χ2n) is 7.77. The Labute approximate surface area is 181 Å². The number of aryl methyl sites for hydroxylation is 1. The Hall–Kier alpha value is -1.88. The van der Waals surface area contributed by atoms with E-state index in [-0.39, 0.29) is 18.0 Å². The van der Waals surface area contributed by atoms with Crippen LogP contribution in [0.25, 0.3) is 12.2 Å². The fourth-order valence-corrected chi connectivity index (χ4v) is 5.27. The summed E-state index contributed by atoms with van der Waals surface area (Å²) in [6.45, 7) is 4.24. The summed E-state index contributed by atoms with van der Waals surface area (Å²) < 4.78 is 4.76. The van der Waals surface area contributed by atoms with Gasteiger partial charge in [0.15, 0.2) is 0 Å². The summed E-state index contributed by atoms with van der Waals surface area (Å²) in [5.74, 6) is 0.628. The van der Waals surface area contributed by atoms with E-state index in [9.17, 15) is 9.90 Å². The molecule has 4 atom stereocenters. The van der Waals surface area contributed by atoms with Crippen molar-refractivity contribution in [1.29, 1.82) is 0 Å². The van der Waals surface area contributed by atoms with Gasteiger partial charge >= 0.3 is 5.97 Å². The predicted molar refractivity (Wildman–Crippen MR) is 121 cm³/mol. The number of hydrogen-bond donors (Lipinski definition) is 1. The summed E-state index contributed by atoms with van der Waals surface area (Å²) in [6, 6.07) is 9.70. The van der Waals surface area contributed by atoms with Crippen molar-refractivity contribution in [1.82, 2.24) is 0 Å². The fourth-order valence-electron chi connectivity index (χ4n) is 4.12. The standard InChI is InChI=1S/C24H27ClO3S/c1-15-11-17(14-18(25)12-15)7-9-21-20(16(2)13-22(21)26)6-4-5-19-8-10-23(29-19)24(27)28-3/h4-5,7-12,14,16,20-22,26H,6,13H2,1-3H3/b5-4+,9-7+/t16-,20+,21-,22-/m1/s1. The first-order valence-electron chi connectivity index (χ1n) is 9.85. The molecule has 154 valence electrons. The lowest BCUT2D eigenvalue weighted by molar-refractivity contribution is 0.0606. The van der Waals surface area contributed by atoms with Gasteiger partial charge in [-0.15, -0.1) is 11.3 Å². The van der Waals surface area contributed by atoms with Crippen LogP contribution in [0.1, 0.15) is 45.4 Å². The molecule has 1 fully saturated rings. The van der Waals surface area contributed by atoms with Crippen LogP contribution in [-0.2, 0) is 4.74 Å². The quantitative estimate of drug-likeness (QED) is 0.551. The molecule has 0 radical (unpaired) electrons. The molecule has 1 saturated carbocycles. The maximum atomic E-state index is 11.6. The molecule has 2 aromatic rings. The number of hydrogen-bond acceptors (Lipinski definition) is 4. The maximum Gasteiger partial charge on any atom is 0.348 e. The first-order chi connectivity index (χ1) is 13.9. The van der Waals surface area contributed by atoms with Gasteiger partial charge in [-0.05, 0) is 73.1 Å². The molecule has 1 aromatic carbocycles. The number of benzene rings is 1. The van der Waals surface area contributed by atoms with Gasteiger partial charge in [-0.25, -0.2) is 4.79 Å². The molecule has 3 rings (SSSR count). The van der Waals surface area contributed by atoms with E-state index < -0.39 is 0 Å². The largest absolute Gasteiger partial charge is 0.465 e. The van der Waals surface area contributed by atoms with Crippen LogP contribution in [-0.4, -0.2) is 24.3 Å². The molecule has 0 amide bonds. The third-order valence-electron chi connectivity index (χ3n) is 5.56. The van der Waals surface area contributed by atoms with Crippen molar-refractivity contribution in [2.75, 3.05) is 7.11 Å². The van der Waals surface area contributed by atoms with E-state index in [0.29, 0.717) is 16.7 Å². The van der Waals surface area contributed by atoms with Crippen LogP contribution < -0.4 is 0 Å². The number of aliphatic hydroxyl groups is 1. The summed E-state index contributed by atoms with van der Waals surface area (Å²) in [7, 11) is 1.39. The zero-order valence-electron chi connectivity index (χ0n) is 17.0. The van der Waals surface area contributed by atoms with Gasteiger partial charge in [0, 0.05) is 15.8 Å². The summed E-state index contributed by atoms with van der Waals surface area (Å²) >= 11 is 7.59. The van der Waals surface area contributed by atoms with Crippen molar-refractivity contribution >= 4 is 41.1 Å². The van der Waals surface area contributed by atoms with E-state index in [1.54, 1.807) is 6.07 Å². The van der Waals surface area contributed by atoms with Crippen LogP contribution in [0.4, 0.5) is 0 Å². The molecule has 0 spiro atoms. The van der Waals surface area contributed by atoms with Gasteiger partial charge in [-0.2, -0.15) is 0 Å². The van der Waals surface area contributed by atoms with Gasteiger partial charge in [-0.1, -0.05) is 42.8 Å². The molecule has 1 aromatic heterocycles. The van der Waals surface area contributed by atoms with Crippen LogP contribution in [0.5, 0.6) is 0 Å². The summed E-state index contributed by atoms with van der Waals surface area (Å²) in [6.07, 6.45) is 9.78. The number of halogens is 1. The number of carbonyl (C=O) groups excluding carboxylic acids is 1. The van der Waals surface area contributed by atoms with E-state index >= 15 is 0 Å². The maximum absolute atomic E-state index is 11.6. The minimum Gasteiger partial charge on any atom is -0.465 e. The van der Waals surface area contributed by atoms with Gasteiger partial charge in [0.2, 0.25) is 0 Å². The molecule has 1 heterocycles. The lowest BCUT2D eigenvalue weighted by atomic mass is 9.86. The normalized spacial score (nSPS) is 24.6. The molecule has 1 aliphatic carbocycles. The predicted octanol–water partition coefficient (Wildman–Crippen LogP) is 6.25. The molecule has 0 aliphatic heterocycles. The Morgan fingerprint density at radius 2 is 2.10 bits per heavy atom. The minimum absolute atomic E-state index is 0.114. The van der Waals surface area contributed by atoms with E-state index in [1.807, 2.05) is 25.1 Å². The van der Waals surface area contributed by atoms with E-state index in [4.69, 9.17) is 16.3 Å². The molecular formula is C24H27ClO3S. The van der Waals surface area contributed by atoms with E-state index in [1.165, 1.54) is 18.4 Å². The Balaban J connectivity index is 1.68. The van der Waals surface area contributed by atoms with Crippen molar-refractivity contribution in [3.8, 4) is 0 Å². The number of methoxy groups -OCH3 is 1. The number of ether oxygens (including phenoxy) is 1. The number of allylic oxidation sites excluding steroid dienone is 1. The Bertz CT molecular complexity index is 894. The summed E-state index contributed by atoms with van der Waals surface area (Å²) in [4.78, 5) is 13.2. The second-order valence-corrected chi connectivity index (χ2v) is 9.33. The first kappa shape index (κ1) is 21.8. The number of carbonyl (C=O) groups is 1. The molecule has 5 heteroatoms. The smallest absolute Gasteiger partial charge is 0.348 e. The molecule has 29 heavy (non-hydrogen) atoms. The van der Waals surface area contributed by atoms with Crippen molar-refractivity contribution in [3.63, 3.8) is 0 Å². The van der Waals surface area contributed by atoms with E-state index in [0.717, 1.165) is 33.9 Å². The summed E-state index contributed by atoms with van der Waals surface area (Å²) in [5, 5.41) is 11.3. The van der Waals surface area contributed by atoms with E-state index in [2.05, 4.69) is 37.3 Å². The van der Waals surface area contributed by atoms with Crippen LogP contribution in [0.3, 0.4) is 0 Å². The zero-order chi connectivity index (χ0) is 21.0. The van der Waals surface area contributed by atoms with Crippen molar-refractivity contribution in [2.24, 2.45) is 17.8 Å². The highest BCUT2D eigenvalue weighted by Crippen LogP contribution is 2.41. The van der Waals surface area contributed by atoms with Gasteiger partial charge < -0.3 is 9.84 Å².